The fourth-order valence-corrected chi connectivity index (χ4v) is 39.6. The third-order valence-corrected chi connectivity index (χ3v) is 56.9. The van der Waals surface area contributed by atoms with Gasteiger partial charge in [0.25, 0.3) is 0 Å². The second-order valence-electron chi connectivity index (χ2n) is 5.65. The van der Waals surface area contributed by atoms with Crippen molar-refractivity contribution in [2.45, 2.75) is 12.5 Å². The summed E-state index contributed by atoms with van der Waals surface area (Å²) in [6.45, 7) is 0. The van der Waals surface area contributed by atoms with E-state index in [-0.39, 0.29) is 6.58 Å². The van der Waals surface area contributed by atoms with Crippen LogP contribution in [-0.2, 0) is 0 Å². The molecule has 0 saturated carbocycles. The first kappa shape index (κ1) is 47.3. The van der Waals surface area contributed by atoms with Gasteiger partial charge in [-0.15, -0.1) is 0 Å². The van der Waals surface area contributed by atoms with E-state index < -0.39 is 5.90 Å². The van der Waals surface area contributed by atoms with Crippen LogP contribution < -0.4 is 0 Å². The lowest BCUT2D eigenvalue weighted by Crippen LogP contribution is -2.73. The monoisotopic (exact) mass is 2800 g/mol. The zero-order valence-electron chi connectivity index (χ0n) is 13.4. The Morgan fingerprint density at radius 1 is 0.250 bits per heavy atom. The third-order valence-electron chi connectivity index (χ3n) is 3.60. The molecule has 0 aromatic heterocycles. The molecule has 0 unspecified atom stereocenters. The molecule has 1 nitrogen and oxygen atoms in total. The van der Waals surface area contributed by atoms with Crippen molar-refractivity contribution >= 4 is 474 Å². The van der Waals surface area contributed by atoms with Gasteiger partial charge in [-0.1, -0.05) is 474 Å². The van der Waals surface area contributed by atoms with Gasteiger partial charge in [-0.3, -0.25) is 0 Å². The summed E-state index contributed by atoms with van der Waals surface area (Å²) in [5.74, 6) is 0. The first-order valence-electron chi connectivity index (χ1n) is 6.44. The maximum atomic E-state index is 12.6. The molecule has 0 saturated heterocycles. The van der Waals surface area contributed by atoms with Gasteiger partial charge in [0.2, 0.25) is 0 Å². The summed E-state index contributed by atoms with van der Waals surface area (Å²) in [6, 6.07) is 0. The average Bonchev–Trinajstić information content (AvgIpc) is 2.49. The topological polar surface area (TPSA) is 20.2 Å². The summed E-state index contributed by atoms with van der Waals surface area (Å²) in [4.78, 5) is 0. The lowest BCUT2D eigenvalue weighted by molar-refractivity contribution is 0.0777. The molecule has 0 aliphatic heterocycles. The van der Waals surface area contributed by atoms with Gasteiger partial charge in [0.1, 0.15) is 8.01 Å². The minimum atomic E-state index is -1.03. The summed E-state index contributed by atoms with van der Waals surface area (Å²) in [7, 11) is 0. The molecule has 0 amide bonds. The highest BCUT2D eigenvalue weighted by Gasteiger charge is 2.80. The average molecular weight is 2800 g/mol. The van der Waals surface area contributed by atoms with Gasteiger partial charge in [0.15, 0.2) is 4.47 Å². The molecule has 0 aliphatic rings. The van der Waals surface area contributed by atoms with Crippen LogP contribution in [0.3, 0.4) is 0 Å². The second-order valence-corrected chi connectivity index (χ2v) is 70.6. The molecule has 0 aromatic carbocycles. The minimum absolute atomic E-state index is 0.00394. The zero-order valence-corrected chi connectivity index (χ0v) is 58.7. The normalized spacial score (nSPS) is 17.1. The Morgan fingerprint density at radius 2 is 0.438 bits per heavy atom. The quantitative estimate of drug-likeness (QED) is 0.180. The lowest BCUT2D eigenvalue weighted by Gasteiger charge is -2.61. The van der Waals surface area contributed by atoms with E-state index in [1.165, 1.54) is 0 Å². The van der Waals surface area contributed by atoms with Crippen molar-refractivity contribution in [3.8, 4) is 0 Å². The van der Waals surface area contributed by atoms with Crippen LogP contribution in [0.25, 0.3) is 0 Å². The van der Waals surface area contributed by atoms with Gasteiger partial charge in [-0.2, -0.15) is 0 Å². The maximum absolute atomic E-state index is 12.6. The van der Waals surface area contributed by atoms with Crippen molar-refractivity contribution in [1.29, 1.82) is 0 Å². The minimum Gasteiger partial charge on any atom is -0.381 e. The summed E-state index contributed by atoms with van der Waals surface area (Å²) in [6.07, 6.45) is 0. The van der Waals surface area contributed by atoms with Crippen LogP contribution in [-0.4, -0.2) is 17.6 Å². The van der Waals surface area contributed by atoms with Crippen LogP contribution in [0.2, 0.25) is 0 Å². The summed E-state index contributed by atoms with van der Waals surface area (Å²) >= 11 is 53.9. The van der Waals surface area contributed by atoms with Crippen molar-refractivity contribution in [3.63, 3.8) is 0 Å². The highest BCUT2D eigenvalue weighted by atomic mass is 127. The van der Waals surface area contributed by atoms with Gasteiger partial charge in [-0.05, 0) is 0 Å². The number of alkyl halides is 21. The molecule has 0 aliphatic carbocycles. The lowest BCUT2D eigenvalue weighted by atomic mass is 9.99. The van der Waals surface area contributed by atoms with Gasteiger partial charge in [-0.25, -0.2) is 0 Å². The van der Waals surface area contributed by atoms with Crippen molar-refractivity contribution in [2.24, 2.45) is 0 Å². The molecular formula is C10HI21O. The van der Waals surface area contributed by atoms with E-state index in [2.05, 4.69) is 474 Å². The van der Waals surface area contributed by atoms with Crippen molar-refractivity contribution in [1.82, 2.24) is 0 Å². The van der Waals surface area contributed by atoms with Crippen LogP contribution >= 0.6 is 474 Å². The van der Waals surface area contributed by atoms with Crippen molar-refractivity contribution in [2.75, 3.05) is 0 Å². The van der Waals surface area contributed by atoms with E-state index in [9.17, 15) is 5.11 Å². The van der Waals surface area contributed by atoms with E-state index in [4.69, 9.17) is 0 Å². The van der Waals surface area contributed by atoms with Crippen molar-refractivity contribution in [3.05, 3.63) is 0 Å². The zero-order chi connectivity index (χ0) is 27.0. The first-order valence-corrected chi connectivity index (χ1v) is 29.1. The summed E-state index contributed by atoms with van der Waals surface area (Å²) in [5, 5.41) is 12.6. The van der Waals surface area contributed by atoms with Gasteiger partial charge >= 0.3 is 0 Å². The number of aliphatic hydroxyl groups is 1. The second kappa shape index (κ2) is 16.8. The molecule has 0 rings (SSSR count). The smallest absolute Gasteiger partial charge is 0.157 e. The number of halogens is 21. The predicted molar refractivity (Wildman–Crippen MR) is 324 cm³/mol. The Kier molecular flexibility index (Phi) is 24.8. The number of hydrogen-bond acceptors (Lipinski definition) is 1. The standard InChI is InChI=1S/C10HI21O/c11-2(12,1(32,8(23,24)25)9(26,27)28)3(13,14)4(15,16)5(17,18)6(19,20)7(21,22)10(29,30)31/h32H. The molecule has 194 valence electrons. The van der Waals surface area contributed by atoms with Crippen LogP contribution in [0.1, 0.15) is 0 Å². The number of hydrogen-bond donors (Lipinski definition) is 1. The Hall–Kier alpha value is 15.3. The molecule has 0 bridgehead atoms. The van der Waals surface area contributed by atoms with Gasteiger partial charge < -0.3 is 5.11 Å². The van der Waals surface area contributed by atoms with E-state index in [0.29, 0.717) is 0 Å². The summed E-state index contributed by atoms with van der Waals surface area (Å²) < 4.78 is -2.43. The van der Waals surface area contributed by atoms with Crippen LogP contribution in [0.15, 0.2) is 0 Å². The molecule has 1 N–H and O–H groups in total. The number of rotatable bonds is 9. The molecular weight excluding hydrogens is 2800 g/mol. The van der Waals surface area contributed by atoms with Crippen LogP contribution in [0, 0.1) is 0 Å². The summed E-state index contributed by atoms with van der Waals surface area (Å²) in [5.41, 5.74) is -1.03. The molecule has 22 heteroatoms. The Bertz CT molecular complexity index is 675. The fourth-order valence-electron chi connectivity index (χ4n) is 1.71. The van der Waals surface area contributed by atoms with E-state index in [0.717, 1.165) is 0 Å². The highest BCUT2D eigenvalue weighted by Crippen LogP contribution is 2.80. The van der Waals surface area contributed by atoms with Crippen LogP contribution in [0.4, 0.5) is 0 Å². The van der Waals surface area contributed by atoms with E-state index in [1.54, 1.807) is 0 Å². The predicted octanol–water partition coefficient (Wildman–Crippen LogP) is 16.0. The van der Waals surface area contributed by atoms with Gasteiger partial charge in [0, 0.05) is 0 Å². The molecule has 32 heavy (non-hydrogen) atoms. The first-order chi connectivity index (χ1) is 13.2. The SMILES string of the molecule is OC(C(I)(I)I)(C(I)(I)I)C(I)(I)C(I)(I)C(I)(I)C(I)(I)C(I)(I)C(I)(I)C(I)(I)I. The van der Waals surface area contributed by atoms with E-state index >= 15 is 0 Å². The maximum Gasteiger partial charge on any atom is 0.157 e. The Morgan fingerprint density at radius 3 is 0.625 bits per heavy atom. The van der Waals surface area contributed by atoms with Gasteiger partial charge in [0.05, 0.1) is 0 Å². The molecule has 0 radical (unpaired) electrons. The third kappa shape index (κ3) is 9.58. The molecule has 0 atom stereocenters. The highest BCUT2D eigenvalue weighted by molar-refractivity contribution is 14.3. The molecule has 0 aromatic rings. The molecule has 0 fully saturated rings. The van der Waals surface area contributed by atoms with E-state index in [1.807, 2.05) is 0 Å². The van der Waals surface area contributed by atoms with Crippen LogP contribution in [0.5, 0.6) is 0 Å². The molecule has 0 heterocycles. The Labute approximate surface area is 475 Å². The molecule has 0 spiro atoms. The largest absolute Gasteiger partial charge is 0.381 e. The fraction of sp³-hybridized carbons (Fsp3) is 1.00. The van der Waals surface area contributed by atoms with Crippen molar-refractivity contribution < 1.29 is 5.11 Å². The Balaban J connectivity index is 7.19.